The van der Waals surface area contributed by atoms with Gasteiger partial charge >= 0.3 is 5.97 Å². The second-order valence-electron chi connectivity index (χ2n) is 7.89. The van der Waals surface area contributed by atoms with Crippen molar-refractivity contribution in [3.05, 3.63) is 29.8 Å². The molecule has 2 fully saturated rings. The second-order valence-corrected chi connectivity index (χ2v) is 7.89. The van der Waals surface area contributed by atoms with E-state index in [1.165, 1.54) is 7.11 Å². The van der Waals surface area contributed by atoms with Gasteiger partial charge < -0.3 is 19.5 Å². The van der Waals surface area contributed by atoms with Crippen molar-refractivity contribution in [2.75, 3.05) is 33.4 Å². The summed E-state index contributed by atoms with van der Waals surface area (Å²) >= 11 is 0. The maximum Gasteiger partial charge on any atom is 0.313 e. The number of aliphatic carboxylic acids is 1. The Bertz CT molecular complexity index is 731. The molecular weight excluding hydrogens is 334 g/mol. The van der Waals surface area contributed by atoms with Crippen LogP contribution in [0.4, 0.5) is 0 Å². The Kier molecular flexibility index (Phi) is 4.18. The quantitative estimate of drug-likeness (QED) is 0.891. The first-order valence-corrected chi connectivity index (χ1v) is 9.26. The molecule has 26 heavy (non-hydrogen) atoms. The average Bonchev–Trinajstić information content (AvgIpc) is 3.36. The minimum Gasteiger partial charge on any atom is -0.493 e. The number of piperidine rings is 1. The number of hydrogen-bond donors (Lipinski definition) is 1. The minimum absolute atomic E-state index is 0.0697. The number of methoxy groups -OCH3 is 1. The van der Waals surface area contributed by atoms with Crippen LogP contribution in [-0.2, 0) is 19.7 Å². The fraction of sp³-hybridized carbons (Fsp3) is 0.600. The number of nitrogens with zero attached hydrogens (tertiary/aromatic N) is 1. The zero-order valence-corrected chi connectivity index (χ0v) is 15.1. The highest BCUT2D eigenvalue weighted by atomic mass is 16.5. The van der Waals surface area contributed by atoms with E-state index in [-0.39, 0.29) is 30.4 Å². The van der Waals surface area contributed by atoms with Crippen LogP contribution in [-0.4, -0.2) is 55.3 Å². The van der Waals surface area contributed by atoms with Crippen LogP contribution in [0, 0.1) is 11.3 Å². The Hall–Kier alpha value is -2.08. The molecule has 3 atom stereocenters. The molecule has 2 heterocycles. The highest BCUT2D eigenvalue weighted by Gasteiger charge is 2.62. The Morgan fingerprint density at radius 3 is 2.92 bits per heavy atom. The zero-order valence-electron chi connectivity index (χ0n) is 15.1. The highest BCUT2D eigenvalue weighted by molar-refractivity contribution is 5.86. The Morgan fingerprint density at radius 2 is 2.15 bits per heavy atom. The number of carbonyl (C=O) groups is 2. The van der Waals surface area contributed by atoms with E-state index in [0.717, 1.165) is 24.2 Å². The summed E-state index contributed by atoms with van der Waals surface area (Å²) in [6, 6.07) is 7.97. The van der Waals surface area contributed by atoms with Gasteiger partial charge in [0, 0.05) is 37.1 Å². The van der Waals surface area contributed by atoms with Crippen LogP contribution < -0.4 is 4.74 Å². The van der Waals surface area contributed by atoms with E-state index in [1.807, 2.05) is 18.2 Å². The molecular formula is C20H25NO5. The summed E-state index contributed by atoms with van der Waals surface area (Å²) < 4.78 is 10.9. The summed E-state index contributed by atoms with van der Waals surface area (Å²) in [6.45, 7) is 1.63. The number of likely N-dealkylation sites (tertiary alicyclic amines) is 1. The van der Waals surface area contributed by atoms with Crippen LogP contribution in [0.3, 0.4) is 0 Å². The van der Waals surface area contributed by atoms with Gasteiger partial charge in [-0.2, -0.15) is 0 Å². The topological polar surface area (TPSA) is 76.1 Å². The molecule has 140 valence electrons. The number of hydrogen-bond acceptors (Lipinski definition) is 4. The number of ether oxygens (including phenoxy) is 2. The molecule has 0 bridgehead atoms. The molecule has 4 rings (SSSR count). The van der Waals surface area contributed by atoms with Crippen LogP contribution in [0.2, 0.25) is 0 Å². The van der Waals surface area contributed by atoms with Crippen molar-refractivity contribution in [3.8, 4) is 5.75 Å². The smallest absolute Gasteiger partial charge is 0.313 e. The monoisotopic (exact) mass is 359 g/mol. The van der Waals surface area contributed by atoms with Gasteiger partial charge in [0.25, 0.3) is 0 Å². The predicted molar refractivity (Wildman–Crippen MR) is 94.1 cm³/mol. The van der Waals surface area contributed by atoms with Crippen molar-refractivity contribution >= 4 is 11.9 Å². The molecule has 1 amide bonds. The second kappa shape index (κ2) is 6.27. The van der Waals surface area contributed by atoms with Crippen molar-refractivity contribution in [3.63, 3.8) is 0 Å². The van der Waals surface area contributed by atoms with E-state index in [9.17, 15) is 14.7 Å². The summed E-state index contributed by atoms with van der Waals surface area (Å²) in [5.41, 5.74) is 0.0115. The van der Waals surface area contributed by atoms with E-state index in [1.54, 1.807) is 4.90 Å². The third-order valence-electron chi connectivity index (χ3n) is 6.37. The van der Waals surface area contributed by atoms with Crippen molar-refractivity contribution in [1.82, 2.24) is 4.90 Å². The van der Waals surface area contributed by atoms with Crippen molar-refractivity contribution < 1.29 is 24.2 Å². The highest BCUT2D eigenvalue weighted by Crippen LogP contribution is 2.61. The first-order chi connectivity index (χ1) is 12.5. The standard InChI is InChI=1S/C20H25NO5/c1-25-13-19(18(23)24)7-4-9-21(12-19)17(22)15-11-20(15)8-10-26-16-6-3-2-5-14(16)20/h2-3,5-6,15H,4,7-13H2,1H3,(H,23,24)/t15-,19?,20-/m0/s1. The molecule has 1 aromatic carbocycles. The van der Waals surface area contributed by atoms with E-state index < -0.39 is 11.4 Å². The fourth-order valence-corrected chi connectivity index (χ4v) is 4.86. The number of amides is 1. The van der Waals surface area contributed by atoms with E-state index >= 15 is 0 Å². The van der Waals surface area contributed by atoms with Crippen LogP contribution >= 0.6 is 0 Å². The fourth-order valence-electron chi connectivity index (χ4n) is 4.86. The number of rotatable bonds is 4. The van der Waals surface area contributed by atoms with E-state index in [0.29, 0.717) is 26.0 Å². The molecule has 3 aliphatic rings. The van der Waals surface area contributed by atoms with Gasteiger partial charge in [0.05, 0.1) is 13.2 Å². The molecule has 1 saturated carbocycles. The first kappa shape index (κ1) is 17.3. The van der Waals surface area contributed by atoms with Crippen LogP contribution in [0.5, 0.6) is 5.75 Å². The SMILES string of the molecule is COCC1(C(=O)O)CCCN(C(=O)[C@@H]2C[C@]23CCOc2ccccc23)C1. The maximum atomic E-state index is 13.2. The number of carboxylic acid groups (broad SMARTS) is 1. The van der Waals surface area contributed by atoms with Crippen LogP contribution in [0.1, 0.15) is 31.2 Å². The van der Waals surface area contributed by atoms with Gasteiger partial charge in [-0.05, 0) is 31.7 Å². The third-order valence-corrected chi connectivity index (χ3v) is 6.37. The lowest BCUT2D eigenvalue weighted by Crippen LogP contribution is -2.52. The molecule has 1 saturated heterocycles. The molecule has 1 N–H and O–H groups in total. The number of benzene rings is 1. The lowest BCUT2D eigenvalue weighted by Gasteiger charge is -2.40. The van der Waals surface area contributed by atoms with Crippen LogP contribution in [0.25, 0.3) is 0 Å². The third kappa shape index (κ3) is 2.58. The number of carboxylic acids is 1. The van der Waals surface area contributed by atoms with Crippen molar-refractivity contribution in [1.29, 1.82) is 0 Å². The maximum absolute atomic E-state index is 13.2. The van der Waals surface area contributed by atoms with Gasteiger partial charge in [-0.25, -0.2) is 0 Å². The van der Waals surface area contributed by atoms with E-state index in [4.69, 9.17) is 9.47 Å². The lowest BCUT2D eigenvalue weighted by atomic mass is 9.80. The molecule has 6 heteroatoms. The molecule has 1 aromatic rings. The van der Waals surface area contributed by atoms with Gasteiger partial charge in [0.2, 0.25) is 5.91 Å². The average molecular weight is 359 g/mol. The van der Waals surface area contributed by atoms with Crippen molar-refractivity contribution in [2.45, 2.75) is 31.1 Å². The van der Waals surface area contributed by atoms with Gasteiger partial charge in [-0.15, -0.1) is 0 Å². The van der Waals surface area contributed by atoms with Gasteiger partial charge in [0.1, 0.15) is 11.2 Å². The summed E-state index contributed by atoms with van der Waals surface area (Å²) in [7, 11) is 1.51. The molecule has 1 unspecified atom stereocenters. The Morgan fingerprint density at radius 1 is 1.35 bits per heavy atom. The van der Waals surface area contributed by atoms with E-state index in [2.05, 4.69) is 6.07 Å². The first-order valence-electron chi connectivity index (χ1n) is 9.26. The lowest BCUT2D eigenvalue weighted by molar-refractivity contribution is -0.159. The summed E-state index contributed by atoms with van der Waals surface area (Å²) in [5, 5.41) is 9.71. The summed E-state index contributed by atoms with van der Waals surface area (Å²) in [5.74, 6) is 0.0218. The molecule has 0 aromatic heterocycles. The van der Waals surface area contributed by atoms with Crippen LogP contribution in [0.15, 0.2) is 24.3 Å². The molecule has 6 nitrogen and oxygen atoms in total. The number of carbonyl (C=O) groups excluding carboxylic acids is 1. The molecule has 1 spiro atoms. The summed E-state index contributed by atoms with van der Waals surface area (Å²) in [4.78, 5) is 26.8. The number of para-hydroxylation sites is 1. The normalized spacial score (nSPS) is 32.7. The molecule has 2 aliphatic heterocycles. The Labute approximate surface area is 153 Å². The molecule has 0 radical (unpaired) electrons. The Balaban J connectivity index is 1.54. The number of fused-ring (bicyclic) bond motifs is 2. The molecule has 1 aliphatic carbocycles. The predicted octanol–water partition coefficient (Wildman–Crippen LogP) is 2.07. The summed E-state index contributed by atoms with van der Waals surface area (Å²) in [6.07, 6.45) is 2.91. The van der Waals surface area contributed by atoms with Gasteiger partial charge in [-0.3, -0.25) is 9.59 Å². The van der Waals surface area contributed by atoms with Gasteiger partial charge in [-0.1, -0.05) is 18.2 Å². The van der Waals surface area contributed by atoms with Crippen molar-refractivity contribution in [2.24, 2.45) is 11.3 Å². The largest absolute Gasteiger partial charge is 0.493 e. The zero-order chi connectivity index (χ0) is 18.4. The van der Waals surface area contributed by atoms with Gasteiger partial charge in [0.15, 0.2) is 0 Å². The minimum atomic E-state index is -0.988.